The summed E-state index contributed by atoms with van der Waals surface area (Å²) in [6, 6.07) is 13.7. The molecule has 0 atom stereocenters. The van der Waals surface area contributed by atoms with Crippen molar-refractivity contribution in [2.75, 3.05) is 5.32 Å². The van der Waals surface area contributed by atoms with Gasteiger partial charge in [0.2, 0.25) is 5.95 Å². The van der Waals surface area contributed by atoms with Crippen molar-refractivity contribution >= 4 is 34.3 Å². The van der Waals surface area contributed by atoms with Crippen molar-refractivity contribution in [1.29, 1.82) is 0 Å². The Bertz CT molecular complexity index is 761. The Morgan fingerprint density at radius 1 is 1.25 bits per heavy atom. The SMILES string of the molecule is C=CCc1ccc2nc(Nc3ccccc3Cl)[nH]c2c1. The Labute approximate surface area is 122 Å². The molecule has 0 spiro atoms. The van der Waals surface area contributed by atoms with Gasteiger partial charge >= 0.3 is 0 Å². The number of anilines is 2. The highest BCUT2D eigenvalue weighted by Gasteiger charge is 2.05. The first kappa shape index (κ1) is 12.8. The number of nitrogens with zero attached hydrogens (tertiary/aromatic N) is 1. The first-order valence-corrected chi connectivity index (χ1v) is 6.75. The highest BCUT2D eigenvalue weighted by Crippen LogP contribution is 2.25. The fourth-order valence-electron chi connectivity index (χ4n) is 2.10. The summed E-state index contributed by atoms with van der Waals surface area (Å²) in [5, 5.41) is 3.86. The van der Waals surface area contributed by atoms with Crippen molar-refractivity contribution in [3.05, 3.63) is 65.7 Å². The number of rotatable bonds is 4. The van der Waals surface area contributed by atoms with E-state index in [2.05, 4.69) is 34.0 Å². The van der Waals surface area contributed by atoms with Crippen LogP contribution in [-0.4, -0.2) is 9.97 Å². The Morgan fingerprint density at radius 2 is 2.10 bits per heavy atom. The summed E-state index contributed by atoms with van der Waals surface area (Å²) < 4.78 is 0. The van der Waals surface area contributed by atoms with Gasteiger partial charge in [-0.15, -0.1) is 6.58 Å². The second-order valence-corrected chi connectivity index (χ2v) is 4.94. The Hall–Kier alpha value is -2.26. The third-order valence-electron chi connectivity index (χ3n) is 3.05. The van der Waals surface area contributed by atoms with E-state index in [0.29, 0.717) is 11.0 Å². The van der Waals surface area contributed by atoms with Crippen LogP contribution in [0.3, 0.4) is 0 Å². The van der Waals surface area contributed by atoms with Gasteiger partial charge in [-0.1, -0.05) is 35.9 Å². The second kappa shape index (κ2) is 5.39. The van der Waals surface area contributed by atoms with Crippen molar-refractivity contribution < 1.29 is 0 Å². The molecule has 20 heavy (non-hydrogen) atoms. The highest BCUT2D eigenvalue weighted by atomic mass is 35.5. The number of halogens is 1. The lowest BCUT2D eigenvalue weighted by Crippen LogP contribution is -1.92. The van der Waals surface area contributed by atoms with Gasteiger partial charge in [0.25, 0.3) is 0 Å². The zero-order valence-electron chi connectivity index (χ0n) is 10.9. The lowest BCUT2D eigenvalue weighted by atomic mass is 10.1. The molecule has 0 saturated carbocycles. The van der Waals surface area contributed by atoms with Gasteiger partial charge in [-0.3, -0.25) is 0 Å². The normalized spacial score (nSPS) is 10.7. The largest absolute Gasteiger partial charge is 0.324 e. The van der Waals surface area contributed by atoms with E-state index in [1.54, 1.807) is 0 Å². The molecule has 1 heterocycles. The van der Waals surface area contributed by atoms with Crippen LogP contribution in [-0.2, 0) is 6.42 Å². The number of benzene rings is 2. The van der Waals surface area contributed by atoms with Gasteiger partial charge in [0.15, 0.2) is 0 Å². The zero-order valence-corrected chi connectivity index (χ0v) is 11.6. The van der Waals surface area contributed by atoms with Crippen LogP contribution in [0.4, 0.5) is 11.6 Å². The van der Waals surface area contributed by atoms with E-state index in [1.807, 2.05) is 36.4 Å². The standard InChI is InChI=1S/C16H14ClN3/c1-2-5-11-8-9-14-15(10-11)20-16(19-14)18-13-7-4-3-6-12(13)17/h2-4,6-10H,1,5H2,(H2,18,19,20). The van der Waals surface area contributed by atoms with Gasteiger partial charge in [-0.05, 0) is 36.2 Å². The van der Waals surface area contributed by atoms with Crippen LogP contribution >= 0.6 is 11.6 Å². The Kier molecular flexibility index (Phi) is 3.44. The Morgan fingerprint density at radius 3 is 2.90 bits per heavy atom. The van der Waals surface area contributed by atoms with Crippen molar-refractivity contribution in [2.45, 2.75) is 6.42 Å². The minimum absolute atomic E-state index is 0.667. The molecule has 0 bridgehead atoms. The van der Waals surface area contributed by atoms with Gasteiger partial charge < -0.3 is 10.3 Å². The monoisotopic (exact) mass is 283 g/mol. The maximum atomic E-state index is 6.12. The third kappa shape index (κ3) is 2.53. The number of para-hydroxylation sites is 1. The lowest BCUT2D eigenvalue weighted by molar-refractivity contribution is 1.28. The molecule has 0 radical (unpaired) electrons. The summed E-state index contributed by atoms with van der Waals surface area (Å²) in [6.07, 6.45) is 2.74. The maximum Gasteiger partial charge on any atom is 0.205 e. The molecule has 0 aliphatic carbocycles. The molecule has 3 nitrogen and oxygen atoms in total. The summed E-state index contributed by atoms with van der Waals surface area (Å²) in [5.74, 6) is 0.684. The fraction of sp³-hybridized carbons (Fsp3) is 0.0625. The summed E-state index contributed by atoms with van der Waals surface area (Å²) in [7, 11) is 0. The molecule has 1 aromatic heterocycles. The van der Waals surface area contributed by atoms with Crippen molar-refractivity contribution in [3.63, 3.8) is 0 Å². The van der Waals surface area contributed by atoms with Crippen molar-refractivity contribution in [3.8, 4) is 0 Å². The molecule has 0 aliphatic rings. The van der Waals surface area contributed by atoms with E-state index >= 15 is 0 Å². The molecule has 0 fully saturated rings. The molecule has 2 N–H and O–H groups in total. The van der Waals surface area contributed by atoms with Crippen LogP contribution in [0.2, 0.25) is 5.02 Å². The molecule has 0 unspecified atom stereocenters. The first-order chi connectivity index (χ1) is 9.76. The quantitative estimate of drug-likeness (QED) is 0.682. The number of hydrogen-bond acceptors (Lipinski definition) is 2. The average molecular weight is 284 g/mol. The van der Waals surface area contributed by atoms with Crippen LogP contribution in [0.25, 0.3) is 11.0 Å². The van der Waals surface area contributed by atoms with Crippen LogP contribution in [0.5, 0.6) is 0 Å². The topological polar surface area (TPSA) is 40.7 Å². The molecule has 4 heteroatoms. The number of aromatic nitrogens is 2. The molecule has 100 valence electrons. The van der Waals surface area contributed by atoms with Crippen LogP contribution < -0.4 is 5.32 Å². The molecule has 2 aromatic carbocycles. The average Bonchev–Trinajstić information content (AvgIpc) is 2.83. The number of allylic oxidation sites excluding steroid dienone is 1. The fourth-order valence-corrected chi connectivity index (χ4v) is 2.28. The van der Waals surface area contributed by atoms with Gasteiger partial charge in [-0.2, -0.15) is 0 Å². The predicted octanol–water partition coefficient (Wildman–Crippen LogP) is 4.69. The number of aromatic amines is 1. The molecular weight excluding hydrogens is 270 g/mol. The minimum Gasteiger partial charge on any atom is -0.324 e. The lowest BCUT2D eigenvalue weighted by Gasteiger charge is -2.03. The number of imidazole rings is 1. The van der Waals surface area contributed by atoms with Crippen molar-refractivity contribution in [1.82, 2.24) is 9.97 Å². The highest BCUT2D eigenvalue weighted by molar-refractivity contribution is 6.33. The number of fused-ring (bicyclic) bond motifs is 1. The Balaban J connectivity index is 1.93. The number of H-pyrrole nitrogens is 1. The summed E-state index contributed by atoms with van der Waals surface area (Å²) >= 11 is 6.12. The maximum absolute atomic E-state index is 6.12. The van der Waals surface area contributed by atoms with Crippen LogP contribution in [0.15, 0.2) is 55.1 Å². The van der Waals surface area contributed by atoms with Gasteiger partial charge in [0.05, 0.1) is 21.7 Å². The van der Waals surface area contributed by atoms with E-state index in [9.17, 15) is 0 Å². The van der Waals surface area contributed by atoms with E-state index in [4.69, 9.17) is 11.6 Å². The van der Waals surface area contributed by atoms with E-state index in [-0.39, 0.29) is 0 Å². The first-order valence-electron chi connectivity index (χ1n) is 6.37. The van der Waals surface area contributed by atoms with Crippen LogP contribution in [0.1, 0.15) is 5.56 Å². The summed E-state index contributed by atoms with van der Waals surface area (Å²) in [4.78, 5) is 7.75. The second-order valence-electron chi connectivity index (χ2n) is 4.53. The van der Waals surface area contributed by atoms with Gasteiger partial charge in [0.1, 0.15) is 0 Å². The molecule has 3 rings (SSSR count). The van der Waals surface area contributed by atoms with Gasteiger partial charge in [0, 0.05) is 0 Å². The third-order valence-corrected chi connectivity index (χ3v) is 3.38. The molecule has 0 amide bonds. The number of hydrogen-bond donors (Lipinski definition) is 2. The van der Waals surface area contributed by atoms with Gasteiger partial charge in [-0.25, -0.2) is 4.98 Å². The zero-order chi connectivity index (χ0) is 13.9. The minimum atomic E-state index is 0.667. The smallest absolute Gasteiger partial charge is 0.205 e. The van der Waals surface area contributed by atoms with Crippen LogP contribution in [0, 0.1) is 0 Å². The van der Waals surface area contributed by atoms with E-state index < -0.39 is 0 Å². The molecule has 0 saturated heterocycles. The summed E-state index contributed by atoms with van der Waals surface area (Å²) in [5.41, 5.74) is 3.96. The van der Waals surface area contributed by atoms with E-state index in [0.717, 1.165) is 23.1 Å². The molecule has 3 aromatic rings. The predicted molar refractivity (Wildman–Crippen MR) is 84.7 cm³/mol. The molecular formula is C16H14ClN3. The number of nitrogens with one attached hydrogen (secondary N) is 2. The van der Waals surface area contributed by atoms with E-state index in [1.165, 1.54) is 5.56 Å². The molecule has 0 aliphatic heterocycles. The summed E-state index contributed by atoms with van der Waals surface area (Å²) in [6.45, 7) is 3.75. The van der Waals surface area contributed by atoms with Crippen molar-refractivity contribution in [2.24, 2.45) is 0 Å².